The second-order valence-electron chi connectivity index (χ2n) is 6.99. The van der Waals surface area contributed by atoms with E-state index in [-0.39, 0.29) is 16.6 Å². The lowest BCUT2D eigenvalue weighted by Gasteiger charge is -2.38. The van der Waals surface area contributed by atoms with Crippen molar-refractivity contribution in [3.63, 3.8) is 0 Å². The molecule has 18 heavy (non-hydrogen) atoms. The highest BCUT2D eigenvalue weighted by atomic mass is 16.5. The van der Waals surface area contributed by atoms with Crippen molar-refractivity contribution in [2.24, 2.45) is 10.8 Å². The molecule has 1 fully saturated rings. The summed E-state index contributed by atoms with van der Waals surface area (Å²) in [5, 5.41) is 0. The maximum atomic E-state index is 12.2. The van der Waals surface area contributed by atoms with E-state index in [4.69, 9.17) is 4.74 Å². The molecule has 104 valence electrons. The molecule has 0 aromatic rings. The Hall–Kier alpha value is -0.830. The standard InChI is InChI=1S/C15H27NO2/c1-14(2,3)12(11-13(17)15(4,5)6)16-7-9-18-10-8-16/h11H,7-10H2,1-6H3/b12-11+. The number of carbonyl (C=O) groups is 1. The van der Waals surface area contributed by atoms with Crippen LogP contribution in [-0.2, 0) is 9.53 Å². The summed E-state index contributed by atoms with van der Waals surface area (Å²) in [4.78, 5) is 14.5. The van der Waals surface area contributed by atoms with Crippen LogP contribution in [0.3, 0.4) is 0 Å². The quantitative estimate of drug-likeness (QED) is 0.709. The molecule has 1 aliphatic rings. The zero-order chi connectivity index (χ0) is 14.0. The Morgan fingerprint density at radius 1 is 1.00 bits per heavy atom. The lowest BCUT2D eigenvalue weighted by atomic mass is 9.85. The van der Waals surface area contributed by atoms with Crippen molar-refractivity contribution in [2.45, 2.75) is 41.5 Å². The molecule has 0 atom stereocenters. The SMILES string of the molecule is CC(C)(C)C(=O)/C=C(/N1CCOCC1)C(C)(C)C. The lowest BCUT2D eigenvalue weighted by Crippen LogP contribution is -2.40. The van der Waals surface area contributed by atoms with Gasteiger partial charge in [-0.2, -0.15) is 0 Å². The van der Waals surface area contributed by atoms with Crippen molar-refractivity contribution in [3.8, 4) is 0 Å². The largest absolute Gasteiger partial charge is 0.378 e. The Bertz CT molecular complexity index is 325. The van der Waals surface area contributed by atoms with Gasteiger partial charge in [-0.05, 0) is 0 Å². The Kier molecular flexibility index (Phi) is 4.60. The van der Waals surface area contributed by atoms with Crippen LogP contribution in [-0.4, -0.2) is 37.0 Å². The average Bonchev–Trinajstić information content (AvgIpc) is 2.23. The van der Waals surface area contributed by atoms with E-state index in [2.05, 4.69) is 25.7 Å². The highest BCUT2D eigenvalue weighted by Crippen LogP contribution is 2.30. The Morgan fingerprint density at radius 3 is 1.89 bits per heavy atom. The molecular weight excluding hydrogens is 226 g/mol. The van der Waals surface area contributed by atoms with Gasteiger partial charge in [0.25, 0.3) is 0 Å². The Morgan fingerprint density at radius 2 is 1.50 bits per heavy atom. The number of hydrogen-bond acceptors (Lipinski definition) is 3. The van der Waals surface area contributed by atoms with Crippen LogP contribution >= 0.6 is 0 Å². The summed E-state index contributed by atoms with van der Waals surface area (Å²) in [5.74, 6) is 0.193. The minimum Gasteiger partial charge on any atom is -0.378 e. The van der Waals surface area contributed by atoms with E-state index in [0.29, 0.717) is 0 Å². The molecular formula is C15H27NO2. The summed E-state index contributed by atoms with van der Waals surface area (Å²) in [5.41, 5.74) is 0.798. The third-order valence-corrected chi connectivity index (χ3v) is 3.13. The molecule has 0 spiro atoms. The fraction of sp³-hybridized carbons (Fsp3) is 0.800. The van der Waals surface area contributed by atoms with E-state index in [1.54, 1.807) is 0 Å². The molecule has 0 radical (unpaired) electrons. The van der Waals surface area contributed by atoms with Crippen molar-refractivity contribution < 1.29 is 9.53 Å². The number of rotatable bonds is 2. The molecule has 0 saturated carbocycles. The molecule has 0 aliphatic carbocycles. The Balaban J connectivity index is 2.98. The van der Waals surface area contributed by atoms with Crippen LogP contribution in [0.25, 0.3) is 0 Å². The van der Waals surface area contributed by atoms with Crippen molar-refractivity contribution in [1.29, 1.82) is 0 Å². The van der Waals surface area contributed by atoms with Crippen molar-refractivity contribution in [1.82, 2.24) is 4.90 Å². The number of nitrogens with zero attached hydrogens (tertiary/aromatic N) is 1. The summed E-state index contributed by atoms with van der Waals surface area (Å²) >= 11 is 0. The van der Waals surface area contributed by atoms with Gasteiger partial charge < -0.3 is 9.64 Å². The number of ether oxygens (including phenoxy) is 1. The van der Waals surface area contributed by atoms with E-state index in [9.17, 15) is 4.79 Å². The first-order valence-electron chi connectivity index (χ1n) is 6.71. The number of ketones is 1. The van der Waals surface area contributed by atoms with Crippen LogP contribution < -0.4 is 0 Å². The summed E-state index contributed by atoms with van der Waals surface area (Å²) in [6.07, 6.45) is 1.84. The minimum atomic E-state index is -0.317. The highest BCUT2D eigenvalue weighted by molar-refractivity contribution is 5.94. The van der Waals surface area contributed by atoms with Gasteiger partial charge in [0, 0.05) is 35.7 Å². The molecule has 1 saturated heterocycles. The number of hydrogen-bond donors (Lipinski definition) is 0. The van der Waals surface area contributed by atoms with E-state index >= 15 is 0 Å². The van der Waals surface area contributed by atoms with Crippen LogP contribution in [0.2, 0.25) is 0 Å². The monoisotopic (exact) mass is 253 g/mol. The summed E-state index contributed by atoms with van der Waals surface area (Å²) < 4.78 is 5.38. The van der Waals surface area contributed by atoms with Crippen LogP contribution in [0.4, 0.5) is 0 Å². The van der Waals surface area contributed by atoms with E-state index in [1.165, 1.54) is 0 Å². The van der Waals surface area contributed by atoms with Crippen LogP contribution in [0, 0.1) is 10.8 Å². The minimum absolute atomic E-state index is 0.0156. The molecule has 0 aromatic heterocycles. The van der Waals surface area contributed by atoms with E-state index in [1.807, 2.05) is 26.8 Å². The smallest absolute Gasteiger partial charge is 0.162 e. The lowest BCUT2D eigenvalue weighted by molar-refractivity contribution is -0.121. The van der Waals surface area contributed by atoms with Gasteiger partial charge in [-0.1, -0.05) is 41.5 Å². The van der Waals surface area contributed by atoms with Gasteiger partial charge in [-0.25, -0.2) is 0 Å². The second-order valence-corrected chi connectivity index (χ2v) is 6.99. The molecule has 0 amide bonds. The van der Waals surface area contributed by atoms with Gasteiger partial charge in [-0.3, -0.25) is 4.79 Å². The molecule has 0 unspecified atom stereocenters. The topological polar surface area (TPSA) is 29.5 Å². The van der Waals surface area contributed by atoms with Crippen LogP contribution in [0.1, 0.15) is 41.5 Å². The van der Waals surface area contributed by atoms with Gasteiger partial charge in [0.1, 0.15) is 0 Å². The zero-order valence-corrected chi connectivity index (χ0v) is 12.7. The highest BCUT2D eigenvalue weighted by Gasteiger charge is 2.28. The normalized spacial score (nSPS) is 19.0. The van der Waals surface area contributed by atoms with E-state index in [0.717, 1.165) is 32.0 Å². The van der Waals surface area contributed by atoms with Gasteiger partial charge in [0.05, 0.1) is 13.2 Å². The molecule has 3 nitrogen and oxygen atoms in total. The van der Waals surface area contributed by atoms with Crippen LogP contribution in [0.15, 0.2) is 11.8 Å². The molecule has 0 aromatic carbocycles. The van der Waals surface area contributed by atoms with Gasteiger partial charge in [0.15, 0.2) is 5.78 Å². The van der Waals surface area contributed by atoms with Crippen molar-refractivity contribution in [3.05, 3.63) is 11.8 Å². The zero-order valence-electron chi connectivity index (χ0n) is 12.7. The molecule has 0 N–H and O–H groups in total. The van der Waals surface area contributed by atoms with E-state index < -0.39 is 0 Å². The van der Waals surface area contributed by atoms with Gasteiger partial charge >= 0.3 is 0 Å². The van der Waals surface area contributed by atoms with Gasteiger partial charge in [0.2, 0.25) is 0 Å². The molecule has 1 heterocycles. The first kappa shape index (κ1) is 15.2. The van der Waals surface area contributed by atoms with Gasteiger partial charge in [-0.15, -0.1) is 0 Å². The maximum absolute atomic E-state index is 12.2. The average molecular weight is 253 g/mol. The first-order chi connectivity index (χ1) is 8.12. The fourth-order valence-electron chi connectivity index (χ4n) is 1.93. The van der Waals surface area contributed by atoms with Crippen molar-refractivity contribution >= 4 is 5.78 Å². The third-order valence-electron chi connectivity index (χ3n) is 3.13. The summed E-state index contributed by atoms with van der Waals surface area (Å²) in [7, 11) is 0. The number of carbonyl (C=O) groups excluding carboxylic acids is 1. The van der Waals surface area contributed by atoms with Crippen LogP contribution in [0.5, 0.6) is 0 Å². The first-order valence-corrected chi connectivity index (χ1v) is 6.71. The predicted octanol–water partition coefficient (Wildman–Crippen LogP) is 2.86. The maximum Gasteiger partial charge on any atom is 0.162 e. The molecule has 1 aliphatic heterocycles. The third kappa shape index (κ3) is 4.13. The predicted molar refractivity (Wildman–Crippen MR) is 74.4 cm³/mol. The summed E-state index contributed by atoms with van der Waals surface area (Å²) in [6.45, 7) is 15.6. The van der Waals surface area contributed by atoms with Crippen molar-refractivity contribution in [2.75, 3.05) is 26.3 Å². The number of morpholine rings is 1. The molecule has 0 bridgehead atoms. The Labute approximate surface area is 111 Å². The number of allylic oxidation sites excluding steroid dienone is 2. The summed E-state index contributed by atoms with van der Waals surface area (Å²) in [6, 6.07) is 0. The fourth-order valence-corrected chi connectivity index (χ4v) is 1.93. The second kappa shape index (κ2) is 5.43. The molecule has 3 heteroatoms. The molecule has 1 rings (SSSR count).